The van der Waals surface area contributed by atoms with Crippen molar-refractivity contribution in [1.82, 2.24) is 5.32 Å². The van der Waals surface area contributed by atoms with Crippen LogP contribution in [-0.4, -0.2) is 41.0 Å². The molecule has 0 bridgehead atoms. The summed E-state index contributed by atoms with van der Waals surface area (Å²) in [5.74, 6) is 0.244. The van der Waals surface area contributed by atoms with Gasteiger partial charge in [0.2, 0.25) is 0 Å². The zero-order valence-corrected chi connectivity index (χ0v) is 21.5. The molecule has 0 fully saturated rings. The first-order chi connectivity index (χ1) is 16.1. The normalized spacial score (nSPS) is 14.7. The van der Waals surface area contributed by atoms with Gasteiger partial charge in [-0.1, -0.05) is 53.5 Å². The number of carboxylic acid groups (broad SMARTS) is 1. The summed E-state index contributed by atoms with van der Waals surface area (Å²) in [6.07, 6.45) is 4.67. The average Bonchev–Trinajstić information content (AvgIpc) is 3.18. The molecule has 0 aliphatic heterocycles. The molecule has 0 spiro atoms. The first-order valence-electron chi connectivity index (χ1n) is 12.0. The average molecular weight is 508 g/mol. The van der Waals surface area contributed by atoms with E-state index in [0.717, 1.165) is 31.2 Å². The number of fused-ring (bicyclic) bond motifs is 1. The van der Waals surface area contributed by atoms with Crippen LogP contribution in [0.4, 0.5) is 0 Å². The van der Waals surface area contributed by atoms with Crippen molar-refractivity contribution in [2.75, 3.05) is 13.2 Å². The zero-order chi connectivity index (χ0) is 24.7. The van der Waals surface area contributed by atoms with Crippen molar-refractivity contribution in [3.8, 4) is 5.75 Å². The number of benzene rings is 2. The number of rotatable bonds is 13. The van der Waals surface area contributed by atoms with Gasteiger partial charge in [0.25, 0.3) is 0 Å². The van der Waals surface area contributed by atoms with Crippen molar-refractivity contribution in [2.45, 2.75) is 70.4 Å². The van der Waals surface area contributed by atoms with Crippen molar-refractivity contribution in [2.24, 2.45) is 5.92 Å². The van der Waals surface area contributed by atoms with Crippen LogP contribution < -0.4 is 10.1 Å². The highest BCUT2D eigenvalue weighted by Gasteiger charge is 2.28. The van der Waals surface area contributed by atoms with Crippen molar-refractivity contribution in [3.05, 3.63) is 63.1 Å². The topological polar surface area (TPSA) is 78.8 Å². The van der Waals surface area contributed by atoms with Crippen LogP contribution in [0.1, 0.15) is 56.2 Å². The number of hydrogen-bond acceptors (Lipinski definition) is 4. The number of halogens is 2. The predicted molar refractivity (Wildman–Crippen MR) is 137 cm³/mol. The Labute approximate surface area is 212 Å². The summed E-state index contributed by atoms with van der Waals surface area (Å²) in [6, 6.07) is 12.3. The number of unbranched alkanes of at least 4 members (excludes halogenated alkanes) is 1. The van der Waals surface area contributed by atoms with Crippen LogP contribution in [0.2, 0.25) is 10.0 Å². The quantitative estimate of drug-likeness (QED) is 0.303. The van der Waals surface area contributed by atoms with Crippen LogP contribution in [0.5, 0.6) is 5.75 Å². The molecule has 0 radical (unpaired) electrons. The van der Waals surface area contributed by atoms with Gasteiger partial charge in [0.15, 0.2) is 0 Å². The molecule has 34 heavy (non-hydrogen) atoms. The molecule has 0 amide bonds. The summed E-state index contributed by atoms with van der Waals surface area (Å²) in [5.41, 5.74) is 3.68. The highest BCUT2D eigenvalue weighted by Crippen LogP contribution is 2.36. The Hall–Kier alpha value is -1.79. The molecule has 5 nitrogen and oxygen atoms in total. The second-order valence-corrected chi connectivity index (χ2v) is 10.7. The minimum Gasteiger partial charge on any atom is -0.489 e. The van der Waals surface area contributed by atoms with Gasteiger partial charge in [0.05, 0.1) is 5.02 Å². The molecule has 1 unspecified atom stereocenters. The molecule has 2 aromatic carbocycles. The van der Waals surface area contributed by atoms with Gasteiger partial charge in [-0.2, -0.15) is 0 Å². The van der Waals surface area contributed by atoms with Crippen molar-refractivity contribution in [1.29, 1.82) is 0 Å². The van der Waals surface area contributed by atoms with Crippen molar-refractivity contribution < 1.29 is 19.7 Å². The number of aliphatic carboxylic acids is 1. The van der Waals surface area contributed by atoms with Gasteiger partial charge in [0.1, 0.15) is 23.5 Å². The number of β-amino-alcohol motifs (C(OH)–C–C–N with tert-alkyl or cyclic N) is 1. The van der Waals surface area contributed by atoms with E-state index in [4.69, 9.17) is 33.0 Å². The fourth-order valence-corrected chi connectivity index (χ4v) is 5.18. The third kappa shape index (κ3) is 7.88. The lowest BCUT2D eigenvalue weighted by molar-refractivity contribution is -0.137. The Morgan fingerprint density at radius 3 is 2.44 bits per heavy atom. The Bertz CT molecular complexity index is 954. The second kappa shape index (κ2) is 12.3. The number of ether oxygens (including phenoxy) is 1. The highest BCUT2D eigenvalue weighted by molar-refractivity contribution is 6.43. The molecule has 0 aromatic heterocycles. The highest BCUT2D eigenvalue weighted by atomic mass is 35.5. The van der Waals surface area contributed by atoms with Gasteiger partial charge in [-0.3, -0.25) is 4.79 Å². The Morgan fingerprint density at radius 2 is 1.79 bits per heavy atom. The van der Waals surface area contributed by atoms with Crippen LogP contribution in [-0.2, 0) is 24.1 Å². The number of carboxylic acids is 1. The Kier molecular flexibility index (Phi) is 9.66. The van der Waals surface area contributed by atoms with Gasteiger partial charge in [0, 0.05) is 18.5 Å². The first kappa shape index (κ1) is 26.8. The van der Waals surface area contributed by atoms with E-state index in [-0.39, 0.29) is 18.6 Å². The van der Waals surface area contributed by atoms with Crippen LogP contribution in [0.25, 0.3) is 0 Å². The minimum absolute atomic E-state index is 0.100. The monoisotopic (exact) mass is 507 g/mol. The van der Waals surface area contributed by atoms with Gasteiger partial charge in [-0.05, 0) is 81.0 Å². The molecule has 3 N–H and O–H groups in total. The number of carbonyl (C=O) groups is 1. The summed E-state index contributed by atoms with van der Waals surface area (Å²) >= 11 is 12.8. The van der Waals surface area contributed by atoms with E-state index in [0.29, 0.717) is 41.1 Å². The van der Waals surface area contributed by atoms with Gasteiger partial charge in [-0.15, -0.1) is 0 Å². The number of nitrogens with one attached hydrogen (secondary N) is 1. The van der Waals surface area contributed by atoms with Crippen LogP contribution in [0.3, 0.4) is 0 Å². The number of hydrogen-bond donors (Lipinski definition) is 3. The molecule has 1 aliphatic carbocycles. The standard InChI is InChI=1S/C27H35Cl2NO4/c1-27(2,15-18-13-20-8-3-4-9-21(20)14-18)30-16-22(31)17-34-23-12-11-19(25(28)26(23)29)7-5-6-10-24(32)33/h3-4,8-9,11-12,18,22,30-31H,5-7,10,13-17H2,1-2H3,(H,32,33). The lowest BCUT2D eigenvalue weighted by atomic mass is 9.88. The van der Waals surface area contributed by atoms with Crippen molar-refractivity contribution in [3.63, 3.8) is 0 Å². The maximum Gasteiger partial charge on any atom is 0.303 e. The van der Waals surface area contributed by atoms with E-state index in [1.54, 1.807) is 6.07 Å². The minimum atomic E-state index is -0.798. The molecular weight excluding hydrogens is 473 g/mol. The van der Waals surface area contributed by atoms with Gasteiger partial charge in [-0.25, -0.2) is 0 Å². The zero-order valence-electron chi connectivity index (χ0n) is 19.9. The SMILES string of the molecule is CC(C)(CC1Cc2ccccc2C1)NCC(O)COc1ccc(CCCCC(=O)O)c(Cl)c1Cl. The number of aryl methyl sites for hydroxylation is 1. The largest absolute Gasteiger partial charge is 0.489 e. The summed E-state index contributed by atoms with van der Waals surface area (Å²) in [5, 5.41) is 23.4. The maximum atomic E-state index is 10.6. The van der Waals surface area contributed by atoms with E-state index in [9.17, 15) is 9.90 Å². The van der Waals surface area contributed by atoms with Crippen molar-refractivity contribution >= 4 is 29.2 Å². The first-order valence-corrected chi connectivity index (χ1v) is 12.7. The van der Waals surface area contributed by atoms with Gasteiger partial charge < -0.3 is 20.3 Å². The van der Waals surface area contributed by atoms with E-state index < -0.39 is 12.1 Å². The second-order valence-electron chi connectivity index (χ2n) is 9.93. The molecule has 3 rings (SSSR count). The van der Waals surface area contributed by atoms with E-state index in [1.807, 2.05) is 6.07 Å². The van der Waals surface area contributed by atoms with Gasteiger partial charge >= 0.3 is 5.97 Å². The molecule has 0 saturated carbocycles. The van der Waals surface area contributed by atoms with Crippen LogP contribution in [0.15, 0.2) is 36.4 Å². The summed E-state index contributed by atoms with van der Waals surface area (Å²) in [7, 11) is 0. The number of aliphatic hydroxyl groups excluding tert-OH is 1. The fraction of sp³-hybridized carbons (Fsp3) is 0.519. The molecule has 7 heteroatoms. The third-order valence-corrected chi connectivity index (χ3v) is 7.30. The lowest BCUT2D eigenvalue weighted by Crippen LogP contribution is -2.46. The molecule has 0 heterocycles. The van der Waals surface area contributed by atoms with E-state index in [2.05, 4.69) is 43.4 Å². The smallest absolute Gasteiger partial charge is 0.303 e. The van der Waals surface area contributed by atoms with E-state index in [1.165, 1.54) is 11.1 Å². The summed E-state index contributed by atoms with van der Waals surface area (Å²) < 4.78 is 5.75. The molecule has 2 aromatic rings. The summed E-state index contributed by atoms with van der Waals surface area (Å²) in [6.45, 7) is 4.87. The summed E-state index contributed by atoms with van der Waals surface area (Å²) in [4.78, 5) is 10.6. The molecule has 1 atom stereocenters. The molecular formula is C27H35Cl2NO4. The Balaban J connectivity index is 1.42. The van der Waals surface area contributed by atoms with E-state index >= 15 is 0 Å². The molecule has 186 valence electrons. The fourth-order valence-electron chi connectivity index (χ4n) is 4.70. The third-order valence-electron chi connectivity index (χ3n) is 6.40. The molecule has 0 saturated heterocycles. The van der Waals surface area contributed by atoms with Crippen LogP contribution in [0, 0.1) is 5.92 Å². The van der Waals surface area contributed by atoms with Crippen LogP contribution >= 0.6 is 23.2 Å². The number of aliphatic hydroxyl groups is 1. The molecule has 1 aliphatic rings. The Morgan fingerprint density at radius 1 is 1.12 bits per heavy atom. The lowest BCUT2D eigenvalue weighted by Gasteiger charge is -2.30. The maximum absolute atomic E-state index is 10.6. The predicted octanol–water partition coefficient (Wildman–Crippen LogP) is 5.70.